The fourth-order valence-electron chi connectivity index (χ4n) is 2.98. The molecule has 2 rings (SSSR count). The largest absolute Gasteiger partial charge is 0.453 e. The SMILES string of the molecule is COC(=O)N1[C@@H](C(C)C)OC[C@@]1(C)CCc1cccn1C. The fraction of sp³-hybridized carbons (Fsp3) is 0.688. The maximum atomic E-state index is 12.2. The molecule has 0 spiro atoms. The van der Waals surface area contributed by atoms with E-state index in [-0.39, 0.29) is 23.8 Å². The highest BCUT2D eigenvalue weighted by molar-refractivity contribution is 5.69. The van der Waals surface area contributed by atoms with Crippen molar-refractivity contribution in [1.82, 2.24) is 9.47 Å². The second-order valence-corrected chi connectivity index (χ2v) is 6.39. The van der Waals surface area contributed by atoms with Gasteiger partial charge in [-0.05, 0) is 37.8 Å². The molecule has 0 N–H and O–H groups in total. The number of nitrogens with zero attached hydrogens (tertiary/aromatic N) is 2. The number of carbonyl (C=O) groups is 1. The molecule has 2 atom stereocenters. The van der Waals surface area contributed by atoms with Crippen LogP contribution in [0.5, 0.6) is 0 Å². The van der Waals surface area contributed by atoms with E-state index < -0.39 is 0 Å². The first-order valence-electron chi connectivity index (χ1n) is 7.48. The van der Waals surface area contributed by atoms with E-state index in [0.29, 0.717) is 6.61 Å². The number of aromatic nitrogens is 1. The zero-order chi connectivity index (χ0) is 15.6. The van der Waals surface area contributed by atoms with E-state index in [2.05, 4.69) is 31.4 Å². The van der Waals surface area contributed by atoms with Crippen molar-refractivity contribution in [2.45, 2.75) is 45.4 Å². The minimum Gasteiger partial charge on any atom is -0.453 e. The third kappa shape index (κ3) is 3.07. The first kappa shape index (κ1) is 15.9. The molecule has 1 fully saturated rings. The lowest BCUT2D eigenvalue weighted by atomic mass is 9.94. The smallest absolute Gasteiger partial charge is 0.412 e. The minimum atomic E-state index is -0.327. The van der Waals surface area contributed by atoms with Gasteiger partial charge < -0.3 is 14.0 Å². The van der Waals surface area contributed by atoms with E-state index >= 15 is 0 Å². The summed E-state index contributed by atoms with van der Waals surface area (Å²) in [5.74, 6) is 0.237. The van der Waals surface area contributed by atoms with E-state index in [9.17, 15) is 4.79 Å². The number of ether oxygens (including phenoxy) is 2. The molecule has 0 aromatic carbocycles. The van der Waals surface area contributed by atoms with Crippen LogP contribution >= 0.6 is 0 Å². The van der Waals surface area contributed by atoms with Crippen molar-refractivity contribution in [3.05, 3.63) is 24.0 Å². The van der Waals surface area contributed by atoms with E-state index in [1.165, 1.54) is 12.8 Å². The predicted octanol–water partition coefficient (Wildman–Crippen LogP) is 2.80. The summed E-state index contributed by atoms with van der Waals surface area (Å²) >= 11 is 0. The molecule has 1 amide bonds. The van der Waals surface area contributed by atoms with Crippen LogP contribution in [0.3, 0.4) is 0 Å². The van der Waals surface area contributed by atoms with Gasteiger partial charge in [0.1, 0.15) is 6.23 Å². The molecule has 5 nitrogen and oxygen atoms in total. The van der Waals surface area contributed by atoms with Gasteiger partial charge in [-0.1, -0.05) is 13.8 Å². The highest BCUT2D eigenvalue weighted by Gasteiger charge is 2.48. The Morgan fingerprint density at radius 2 is 2.29 bits per heavy atom. The van der Waals surface area contributed by atoms with Crippen LogP contribution in [0.25, 0.3) is 0 Å². The lowest BCUT2D eigenvalue weighted by molar-refractivity contribution is -0.00795. The van der Waals surface area contributed by atoms with Gasteiger partial charge in [-0.25, -0.2) is 4.79 Å². The lowest BCUT2D eigenvalue weighted by Gasteiger charge is -2.36. The van der Waals surface area contributed by atoms with Gasteiger partial charge >= 0.3 is 6.09 Å². The molecule has 0 unspecified atom stereocenters. The topological polar surface area (TPSA) is 43.7 Å². The highest BCUT2D eigenvalue weighted by atomic mass is 16.6. The van der Waals surface area contributed by atoms with E-state index in [1.807, 2.05) is 19.3 Å². The lowest BCUT2D eigenvalue weighted by Crippen LogP contribution is -2.51. The van der Waals surface area contributed by atoms with Crippen molar-refractivity contribution in [1.29, 1.82) is 0 Å². The van der Waals surface area contributed by atoms with Crippen LogP contribution < -0.4 is 0 Å². The Morgan fingerprint density at radius 3 is 2.81 bits per heavy atom. The summed E-state index contributed by atoms with van der Waals surface area (Å²) in [6, 6.07) is 4.15. The first-order chi connectivity index (χ1) is 9.89. The van der Waals surface area contributed by atoms with Gasteiger partial charge in [-0.2, -0.15) is 0 Å². The van der Waals surface area contributed by atoms with Gasteiger partial charge in [0.05, 0.1) is 19.3 Å². The second kappa shape index (κ2) is 6.10. The zero-order valence-electron chi connectivity index (χ0n) is 13.6. The van der Waals surface area contributed by atoms with Crippen LogP contribution in [0.4, 0.5) is 4.79 Å². The molecule has 2 heterocycles. The summed E-state index contributed by atoms with van der Waals surface area (Å²) in [5.41, 5.74) is 0.931. The average molecular weight is 294 g/mol. The molecule has 21 heavy (non-hydrogen) atoms. The molecule has 1 aromatic heterocycles. The van der Waals surface area contributed by atoms with Gasteiger partial charge in [-0.15, -0.1) is 0 Å². The Hall–Kier alpha value is -1.49. The molecular weight excluding hydrogens is 268 g/mol. The summed E-state index contributed by atoms with van der Waals surface area (Å²) in [7, 11) is 3.47. The summed E-state index contributed by atoms with van der Waals surface area (Å²) in [5, 5.41) is 0. The normalized spacial score (nSPS) is 25.6. The molecule has 118 valence electrons. The van der Waals surface area contributed by atoms with Gasteiger partial charge in [0, 0.05) is 18.9 Å². The molecule has 0 radical (unpaired) electrons. The fourth-order valence-corrected chi connectivity index (χ4v) is 2.98. The number of hydrogen-bond donors (Lipinski definition) is 0. The highest BCUT2D eigenvalue weighted by Crippen LogP contribution is 2.35. The quantitative estimate of drug-likeness (QED) is 0.857. The number of methoxy groups -OCH3 is 1. The Morgan fingerprint density at radius 1 is 1.57 bits per heavy atom. The number of aryl methyl sites for hydroxylation is 2. The summed E-state index contributed by atoms with van der Waals surface area (Å²) in [4.78, 5) is 14.0. The molecule has 0 aliphatic carbocycles. The molecule has 1 aromatic rings. The average Bonchev–Trinajstić information content (AvgIpc) is 3.00. The standard InChI is InChI=1S/C16H26N2O3/c1-12(2)14-18(15(19)20-5)16(3,11-21-14)9-8-13-7-6-10-17(13)4/h6-7,10,12,14H,8-9,11H2,1-5H3/t14-,16-/m1/s1. The van der Waals surface area contributed by atoms with Crippen molar-refractivity contribution in [3.63, 3.8) is 0 Å². The van der Waals surface area contributed by atoms with Crippen LogP contribution in [0.15, 0.2) is 18.3 Å². The van der Waals surface area contributed by atoms with Crippen LogP contribution in [-0.2, 0) is 22.9 Å². The third-order valence-corrected chi connectivity index (χ3v) is 4.31. The Balaban J connectivity index is 2.14. The molecule has 5 heteroatoms. The van der Waals surface area contributed by atoms with E-state index in [1.54, 1.807) is 4.90 Å². The molecule has 0 bridgehead atoms. The molecule has 0 saturated carbocycles. The minimum absolute atomic E-state index is 0.212. The van der Waals surface area contributed by atoms with Gasteiger partial charge in [0.2, 0.25) is 0 Å². The molecule has 1 aliphatic heterocycles. The molecule has 1 aliphatic rings. The van der Waals surface area contributed by atoms with Crippen LogP contribution in [-0.4, -0.2) is 41.0 Å². The maximum Gasteiger partial charge on any atom is 0.412 e. The monoisotopic (exact) mass is 294 g/mol. The zero-order valence-corrected chi connectivity index (χ0v) is 13.6. The van der Waals surface area contributed by atoms with Crippen molar-refractivity contribution >= 4 is 6.09 Å². The third-order valence-electron chi connectivity index (χ3n) is 4.31. The van der Waals surface area contributed by atoms with Crippen LogP contribution in [0.1, 0.15) is 32.9 Å². The summed E-state index contributed by atoms with van der Waals surface area (Å²) in [6.07, 6.45) is 3.28. The van der Waals surface area contributed by atoms with Gasteiger partial charge in [-0.3, -0.25) is 4.90 Å². The first-order valence-corrected chi connectivity index (χ1v) is 7.48. The van der Waals surface area contributed by atoms with Crippen LogP contribution in [0, 0.1) is 5.92 Å². The predicted molar refractivity (Wildman–Crippen MR) is 81.0 cm³/mol. The van der Waals surface area contributed by atoms with E-state index in [0.717, 1.165) is 12.8 Å². The number of rotatable bonds is 4. The van der Waals surface area contributed by atoms with Gasteiger partial charge in [0.15, 0.2) is 0 Å². The van der Waals surface area contributed by atoms with Crippen molar-refractivity contribution < 1.29 is 14.3 Å². The Bertz CT molecular complexity index is 497. The number of hydrogen-bond acceptors (Lipinski definition) is 3. The molecular formula is C16H26N2O3. The van der Waals surface area contributed by atoms with Crippen molar-refractivity contribution in [3.8, 4) is 0 Å². The summed E-state index contributed by atoms with van der Waals surface area (Å²) < 4.78 is 13.0. The van der Waals surface area contributed by atoms with E-state index in [4.69, 9.17) is 9.47 Å². The summed E-state index contributed by atoms with van der Waals surface area (Å²) in [6.45, 7) is 6.75. The molecule has 1 saturated heterocycles. The maximum absolute atomic E-state index is 12.2. The number of amides is 1. The van der Waals surface area contributed by atoms with Gasteiger partial charge in [0.25, 0.3) is 0 Å². The number of carbonyl (C=O) groups excluding carboxylic acids is 1. The van der Waals surface area contributed by atoms with Crippen LogP contribution in [0.2, 0.25) is 0 Å². The Kier molecular flexibility index (Phi) is 4.61. The Labute approximate surface area is 126 Å². The second-order valence-electron chi connectivity index (χ2n) is 6.39. The van der Waals surface area contributed by atoms with Crippen molar-refractivity contribution in [2.24, 2.45) is 13.0 Å². The van der Waals surface area contributed by atoms with Crippen molar-refractivity contribution in [2.75, 3.05) is 13.7 Å².